The highest BCUT2D eigenvalue weighted by atomic mass is 127. The highest BCUT2D eigenvalue weighted by Gasteiger charge is 2.14. The van der Waals surface area contributed by atoms with Crippen molar-refractivity contribution < 1.29 is 14.3 Å². The van der Waals surface area contributed by atoms with Gasteiger partial charge in [-0.05, 0) is 34.7 Å². The number of benzene rings is 1. The summed E-state index contributed by atoms with van der Waals surface area (Å²) in [5.41, 5.74) is 0.334. The second-order valence-electron chi connectivity index (χ2n) is 2.46. The minimum atomic E-state index is -0.458. The van der Waals surface area contributed by atoms with Gasteiger partial charge < -0.3 is 9.47 Å². The number of hydrogen-bond donors (Lipinski definition) is 0. The van der Waals surface area contributed by atoms with E-state index in [1.165, 1.54) is 20.3 Å². The van der Waals surface area contributed by atoms with Gasteiger partial charge in [0.2, 0.25) is 0 Å². The Balaban J connectivity index is 3.27. The van der Waals surface area contributed by atoms with E-state index in [0.717, 1.165) is 3.57 Å². The van der Waals surface area contributed by atoms with Crippen LogP contribution in [0.15, 0.2) is 12.1 Å². The fourth-order valence-electron chi connectivity index (χ4n) is 0.967. The first-order valence-electron chi connectivity index (χ1n) is 3.71. The quantitative estimate of drug-likeness (QED) is 0.619. The highest BCUT2D eigenvalue weighted by molar-refractivity contribution is 14.1. The molecule has 0 unspecified atom stereocenters. The number of methoxy groups -OCH3 is 2. The van der Waals surface area contributed by atoms with Crippen molar-refractivity contribution in [2.75, 3.05) is 14.2 Å². The van der Waals surface area contributed by atoms with Gasteiger partial charge in [-0.25, -0.2) is 4.79 Å². The van der Waals surface area contributed by atoms with Crippen LogP contribution in [-0.4, -0.2) is 20.2 Å². The summed E-state index contributed by atoms with van der Waals surface area (Å²) in [6.45, 7) is 0. The molecular weight excluding hydrogens is 318 g/mol. The molecule has 0 fully saturated rings. The molecule has 0 atom stereocenters. The zero-order valence-corrected chi connectivity index (χ0v) is 10.5. The first-order valence-corrected chi connectivity index (χ1v) is 5.17. The van der Waals surface area contributed by atoms with E-state index in [1.54, 1.807) is 6.07 Å². The van der Waals surface area contributed by atoms with E-state index in [0.29, 0.717) is 16.3 Å². The Kier molecular flexibility index (Phi) is 4.00. The van der Waals surface area contributed by atoms with Crippen LogP contribution in [0.25, 0.3) is 0 Å². The molecule has 3 nitrogen and oxygen atoms in total. The Morgan fingerprint density at radius 3 is 2.57 bits per heavy atom. The maximum absolute atomic E-state index is 11.3. The van der Waals surface area contributed by atoms with Gasteiger partial charge in [0.1, 0.15) is 11.3 Å². The van der Waals surface area contributed by atoms with E-state index in [1.807, 2.05) is 0 Å². The van der Waals surface area contributed by atoms with Crippen LogP contribution in [0.1, 0.15) is 10.4 Å². The molecule has 0 bridgehead atoms. The molecule has 0 amide bonds. The van der Waals surface area contributed by atoms with Crippen molar-refractivity contribution in [3.8, 4) is 5.75 Å². The topological polar surface area (TPSA) is 35.5 Å². The van der Waals surface area contributed by atoms with Crippen LogP contribution in [0.5, 0.6) is 5.75 Å². The smallest absolute Gasteiger partial charge is 0.341 e. The summed E-state index contributed by atoms with van der Waals surface area (Å²) in [4.78, 5) is 11.3. The molecule has 5 heteroatoms. The molecule has 1 aromatic rings. The van der Waals surface area contributed by atoms with Crippen LogP contribution in [0, 0.1) is 3.57 Å². The van der Waals surface area contributed by atoms with E-state index in [9.17, 15) is 4.79 Å². The van der Waals surface area contributed by atoms with Crippen LogP contribution in [-0.2, 0) is 4.74 Å². The summed E-state index contributed by atoms with van der Waals surface area (Å²) in [6, 6.07) is 3.23. The number of hydrogen-bond acceptors (Lipinski definition) is 3. The minimum absolute atomic E-state index is 0.334. The highest BCUT2D eigenvalue weighted by Crippen LogP contribution is 2.28. The second kappa shape index (κ2) is 4.84. The molecule has 1 aromatic carbocycles. The summed E-state index contributed by atoms with van der Waals surface area (Å²) in [5, 5.41) is 0.506. The minimum Gasteiger partial charge on any atom is -0.496 e. The predicted octanol–water partition coefficient (Wildman–Crippen LogP) is 2.74. The number of carbonyl (C=O) groups excluding carboxylic acids is 1. The SMILES string of the molecule is COC(=O)c1cc(Cl)c(I)cc1OC. The summed E-state index contributed by atoms with van der Waals surface area (Å²) >= 11 is 7.93. The van der Waals surface area contributed by atoms with Crippen molar-refractivity contribution in [3.05, 3.63) is 26.3 Å². The van der Waals surface area contributed by atoms with Crippen molar-refractivity contribution in [1.82, 2.24) is 0 Å². The Bertz CT molecular complexity index is 365. The van der Waals surface area contributed by atoms with Crippen molar-refractivity contribution in [2.45, 2.75) is 0 Å². The first kappa shape index (κ1) is 11.6. The molecule has 0 radical (unpaired) electrons. The molecule has 0 aliphatic rings. The molecule has 76 valence electrons. The zero-order chi connectivity index (χ0) is 10.7. The van der Waals surface area contributed by atoms with Gasteiger partial charge in [0.25, 0.3) is 0 Å². The Morgan fingerprint density at radius 2 is 2.07 bits per heavy atom. The summed E-state index contributed by atoms with van der Waals surface area (Å²) in [7, 11) is 2.80. The fourth-order valence-corrected chi connectivity index (χ4v) is 1.57. The van der Waals surface area contributed by atoms with Crippen LogP contribution in [0.4, 0.5) is 0 Å². The van der Waals surface area contributed by atoms with Crippen LogP contribution in [0.3, 0.4) is 0 Å². The number of carbonyl (C=O) groups is 1. The molecule has 14 heavy (non-hydrogen) atoms. The summed E-state index contributed by atoms with van der Waals surface area (Å²) < 4.78 is 10.5. The average Bonchev–Trinajstić information content (AvgIpc) is 2.20. The third kappa shape index (κ3) is 2.30. The third-order valence-corrected chi connectivity index (χ3v) is 3.17. The molecule has 0 saturated carbocycles. The van der Waals surface area contributed by atoms with E-state index >= 15 is 0 Å². The molecule has 0 N–H and O–H groups in total. The number of halogens is 2. The van der Waals surface area contributed by atoms with Gasteiger partial charge in [-0.2, -0.15) is 0 Å². The van der Waals surface area contributed by atoms with E-state index in [4.69, 9.17) is 16.3 Å². The lowest BCUT2D eigenvalue weighted by molar-refractivity contribution is 0.0597. The molecular formula is C9H8ClIO3. The van der Waals surface area contributed by atoms with Gasteiger partial charge in [0.05, 0.1) is 19.2 Å². The molecule has 0 aromatic heterocycles. The number of rotatable bonds is 2. The Morgan fingerprint density at radius 1 is 1.43 bits per heavy atom. The van der Waals surface area contributed by atoms with Crippen molar-refractivity contribution in [3.63, 3.8) is 0 Å². The second-order valence-corrected chi connectivity index (χ2v) is 4.03. The van der Waals surface area contributed by atoms with Crippen LogP contribution < -0.4 is 4.74 Å². The lowest BCUT2D eigenvalue weighted by Crippen LogP contribution is -2.04. The van der Waals surface area contributed by atoms with Gasteiger partial charge in [-0.15, -0.1) is 0 Å². The van der Waals surface area contributed by atoms with Crippen molar-refractivity contribution >= 4 is 40.2 Å². The standard InChI is InChI=1S/C9H8ClIO3/c1-13-8-4-7(11)6(10)3-5(8)9(12)14-2/h3-4H,1-2H3. The average molecular weight is 327 g/mol. The van der Waals surface area contributed by atoms with Crippen molar-refractivity contribution in [1.29, 1.82) is 0 Å². The van der Waals surface area contributed by atoms with E-state index < -0.39 is 5.97 Å². The van der Waals surface area contributed by atoms with Gasteiger partial charge in [-0.3, -0.25) is 0 Å². The monoisotopic (exact) mass is 326 g/mol. The zero-order valence-electron chi connectivity index (χ0n) is 7.64. The largest absolute Gasteiger partial charge is 0.496 e. The normalized spacial score (nSPS) is 9.71. The fraction of sp³-hybridized carbons (Fsp3) is 0.222. The maximum Gasteiger partial charge on any atom is 0.341 e. The molecule has 0 aliphatic carbocycles. The molecule has 1 rings (SSSR count). The van der Waals surface area contributed by atoms with Gasteiger partial charge in [0, 0.05) is 3.57 Å². The Hall–Kier alpha value is -0.490. The first-order chi connectivity index (χ1) is 6.60. The van der Waals surface area contributed by atoms with Gasteiger partial charge in [-0.1, -0.05) is 11.6 Å². The molecule has 0 heterocycles. The molecule has 0 spiro atoms. The predicted molar refractivity (Wildman–Crippen MR) is 62.1 cm³/mol. The van der Waals surface area contributed by atoms with Crippen LogP contribution >= 0.6 is 34.2 Å². The van der Waals surface area contributed by atoms with E-state index in [-0.39, 0.29) is 0 Å². The summed E-state index contributed by atoms with van der Waals surface area (Å²) in [5.74, 6) is 0.00537. The molecule has 0 saturated heterocycles. The van der Waals surface area contributed by atoms with Crippen molar-refractivity contribution in [2.24, 2.45) is 0 Å². The van der Waals surface area contributed by atoms with Gasteiger partial charge in [0.15, 0.2) is 0 Å². The lowest BCUT2D eigenvalue weighted by atomic mass is 10.2. The van der Waals surface area contributed by atoms with Crippen LogP contribution in [0.2, 0.25) is 5.02 Å². The van der Waals surface area contributed by atoms with Gasteiger partial charge >= 0.3 is 5.97 Å². The number of esters is 1. The lowest BCUT2D eigenvalue weighted by Gasteiger charge is -2.08. The summed E-state index contributed by atoms with van der Waals surface area (Å²) in [6.07, 6.45) is 0. The molecule has 0 aliphatic heterocycles. The Labute approximate surface area is 100 Å². The van der Waals surface area contributed by atoms with E-state index in [2.05, 4.69) is 27.3 Å². The number of ether oxygens (including phenoxy) is 2. The maximum atomic E-state index is 11.3. The third-order valence-electron chi connectivity index (χ3n) is 1.65.